The Morgan fingerprint density at radius 3 is 1.95 bits per heavy atom. The number of Topliss-reactive ketones (excluding diaryl/α,β-unsaturated/α-hetero) is 3. The molecule has 0 aromatic heterocycles. The van der Waals surface area contributed by atoms with Gasteiger partial charge in [-0.15, -0.1) is 0 Å². The maximum absolute atomic E-state index is 13.5. The first kappa shape index (κ1) is 33.6. The Morgan fingerprint density at radius 2 is 1.39 bits per heavy atom. The van der Waals surface area contributed by atoms with Crippen molar-refractivity contribution in [2.75, 3.05) is 13.2 Å². The minimum absolute atomic E-state index is 0.0391. The summed E-state index contributed by atoms with van der Waals surface area (Å²) in [4.78, 5) is 63.2. The quantitative estimate of drug-likeness (QED) is 0.246. The van der Waals surface area contributed by atoms with Crippen LogP contribution in [0.1, 0.15) is 64.5 Å². The molecular weight excluding hydrogens is 522 g/mol. The van der Waals surface area contributed by atoms with Crippen LogP contribution in [0.25, 0.3) is 0 Å². The van der Waals surface area contributed by atoms with Gasteiger partial charge in [-0.2, -0.15) is 0 Å². The molecule has 0 aliphatic heterocycles. The summed E-state index contributed by atoms with van der Waals surface area (Å²) in [6, 6.07) is 18.0. The summed E-state index contributed by atoms with van der Waals surface area (Å²) < 4.78 is 10.9. The highest BCUT2D eigenvalue weighted by Crippen LogP contribution is 2.18. The predicted octanol–water partition coefficient (Wildman–Crippen LogP) is 4.67. The number of nitrogens with one attached hydrogen (secondary N) is 1. The van der Waals surface area contributed by atoms with Gasteiger partial charge in [0.15, 0.2) is 11.6 Å². The van der Waals surface area contributed by atoms with Crippen LogP contribution >= 0.6 is 0 Å². The van der Waals surface area contributed by atoms with E-state index in [1.54, 1.807) is 0 Å². The lowest BCUT2D eigenvalue weighted by Crippen LogP contribution is -2.46. The molecule has 0 saturated heterocycles. The highest BCUT2D eigenvalue weighted by atomic mass is 16.5. The fourth-order valence-corrected chi connectivity index (χ4v) is 4.48. The summed E-state index contributed by atoms with van der Waals surface area (Å²) in [6.45, 7) is 6.40. The molecule has 3 atom stereocenters. The van der Waals surface area contributed by atoms with Gasteiger partial charge in [-0.3, -0.25) is 19.2 Å². The second-order valence-corrected chi connectivity index (χ2v) is 11.0. The lowest BCUT2D eigenvalue weighted by atomic mass is 9.91. The third-order valence-electron chi connectivity index (χ3n) is 6.57. The SMILES string of the molecule is CC(=O)COC[C@H](CC(=O)[C@H](CC(C)C)NC(=O)[C@H](CCc1ccccc1)CC(C)=O)C(=O)OCc1ccccc1. The minimum atomic E-state index is -0.941. The normalized spacial score (nSPS) is 13.2. The number of rotatable bonds is 19. The number of ether oxygens (including phenoxy) is 2. The van der Waals surface area contributed by atoms with E-state index < -0.39 is 23.8 Å². The Kier molecular flexibility index (Phi) is 14.7. The summed E-state index contributed by atoms with van der Waals surface area (Å²) in [7, 11) is 0. The van der Waals surface area contributed by atoms with Gasteiger partial charge in [-0.1, -0.05) is 74.5 Å². The topological polar surface area (TPSA) is 116 Å². The van der Waals surface area contributed by atoms with Crippen molar-refractivity contribution in [3.8, 4) is 0 Å². The Morgan fingerprint density at radius 1 is 0.780 bits per heavy atom. The molecule has 41 heavy (non-hydrogen) atoms. The molecule has 8 nitrogen and oxygen atoms in total. The van der Waals surface area contributed by atoms with Crippen molar-refractivity contribution in [2.45, 2.75) is 72.4 Å². The summed E-state index contributed by atoms with van der Waals surface area (Å²) in [6.07, 6.45) is 1.32. The standard InChI is InChI=1S/C33H43NO7/c1-23(2)17-30(34-32(38)28(18-24(3)35)16-15-26-11-7-5-8-12-26)31(37)19-29(22-40-20-25(4)36)33(39)41-21-27-13-9-6-10-14-27/h5-14,23,28-30H,15-22H2,1-4H3,(H,34,38)/t28-,29+,30+/m1/s1. The molecule has 222 valence electrons. The molecule has 0 aliphatic carbocycles. The third-order valence-corrected chi connectivity index (χ3v) is 6.57. The molecule has 0 radical (unpaired) electrons. The molecule has 1 amide bonds. The van der Waals surface area contributed by atoms with Crippen LogP contribution in [0.5, 0.6) is 0 Å². The molecule has 0 spiro atoms. The second-order valence-electron chi connectivity index (χ2n) is 11.0. The van der Waals surface area contributed by atoms with Gasteiger partial charge < -0.3 is 19.6 Å². The van der Waals surface area contributed by atoms with Crippen LogP contribution in [0.2, 0.25) is 0 Å². The van der Waals surface area contributed by atoms with Crippen LogP contribution in [-0.4, -0.2) is 48.5 Å². The molecule has 2 rings (SSSR count). The van der Waals surface area contributed by atoms with Crippen LogP contribution in [0, 0.1) is 17.8 Å². The minimum Gasteiger partial charge on any atom is -0.461 e. The predicted molar refractivity (Wildman–Crippen MR) is 156 cm³/mol. The number of hydrogen-bond acceptors (Lipinski definition) is 7. The van der Waals surface area contributed by atoms with Gasteiger partial charge in [0.25, 0.3) is 0 Å². The van der Waals surface area contributed by atoms with Crippen molar-refractivity contribution in [2.24, 2.45) is 17.8 Å². The van der Waals surface area contributed by atoms with E-state index in [0.717, 1.165) is 11.1 Å². The van der Waals surface area contributed by atoms with E-state index in [0.29, 0.717) is 19.3 Å². The average molecular weight is 566 g/mol. The fraction of sp³-hybridized carbons (Fsp3) is 0.485. The number of amides is 1. The van der Waals surface area contributed by atoms with Crippen LogP contribution in [-0.2, 0) is 46.5 Å². The monoisotopic (exact) mass is 565 g/mol. The molecule has 0 aliphatic rings. The zero-order valence-corrected chi connectivity index (χ0v) is 24.6. The molecule has 0 heterocycles. The van der Waals surface area contributed by atoms with Gasteiger partial charge >= 0.3 is 5.97 Å². The molecular formula is C33H43NO7. The zero-order valence-electron chi connectivity index (χ0n) is 24.6. The molecule has 8 heteroatoms. The molecule has 0 fully saturated rings. The number of carbonyl (C=O) groups excluding carboxylic acids is 5. The van der Waals surface area contributed by atoms with E-state index in [1.807, 2.05) is 74.5 Å². The van der Waals surface area contributed by atoms with E-state index in [4.69, 9.17) is 9.47 Å². The molecule has 2 aromatic rings. The summed E-state index contributed by atoms with van der Waals surface area (Å²) in [5.41, 5.74) is 1.86. The van der Waals surface area contributed by atoms with E-state index >= 15 is 0 Å². The van der Waals surface area contributed by atoms with Gasteiger partial charge in [0, 0.05) is 18.8 Å². The number of hydrogen-bond donors (Lipinski definition) is 1. The first-order valence-corrected chi connectivity index (χ1v) is 14.2. The van der Waals surface area contributed by atoms with Gasteiger partial charge in [-0.25, -0.2) is 0 Å². The van der Waals surface area contributed by atoms with Gasteiger partial charge in [0.2, 0.25) is 5.91 Å². The maximum atomic E-state index is 13.5. The first-order valence-electron chi connectivity index (χ1n) is 14.2. The van der Waals surface area contributed by atoms with Crippen molar-refractivity contribution < 1.29 is 33.4 Å². The number of aryl methyl sites for hydroxylation is 1. The van der Waals surface area contributed by atoms with Crippen molar-refractivity contribution in [1.82, 2.24) is 5.32 Å². The van der Waals surface area contributed by atoms with Crippen LogP contribution in [0.3, 0.4) is 0 Å². The van der Waals surface area contributed by atoms with Gasteiger partial charge in [-0.05, 0) is 50.2 Å². The van der Waals surface area contributed by atoms with Gasteiger partial charge in [0.05, 0.1) is 18.6 Å². The summed E-state index contributed by atoms with van der Waals surface area (Å²) >= 11 is 0. The molecule has 2 aromatic carbocycles. The lowest BCUT2D eigenvalue weighted by Gasteiger charge is -2.24. The average Bonchev–Trinajstić information content (AvgIpc) is 2.93. The Labute approximate surface area is 243 Å². The van der Waals surface area contributed by atoms with Crippen molar-refractivity contribution in [3.63, 3.8) is 0 Å². The Hall–Kier alpha value is -3.65. The number of ketones is 3. The first-order chi connectivity index (χ1) is 19.5. The summed E-state index contributed by atoms with van der Waals surface area (Å²) in [5.74, 6) is -3.05. The number of benzene rings is 2. The Balaban J connectivity index is 2.13. The van der Waals surface area contributed by atoms with E-state index in [2.05, 4.69) is 5.32 Å². The molecule has 0 unspecified atom stereocenters. The van der Waals surface area contributed by atoms with E-state index in [-0.39, 0.29) is 61.8 Å². The maximum Gasteiger partial charge on any atom is 0.312 e. The highest BCUT2D eigenvalue weighted by molar-refractivity contribution is 5.93. The molecule has 1 N–H and O–H groups in total. The van der Waals surface area contributed by atoms with Gasteiger partial charge in [0.1, 0.15) is 19.0 Å². The molecule has 0 bridgehead atoms. The van der Waals surface area contributed by atoms with Crippen molar-refractivity contribution in [3.05, 3.63) is 71.8 Å². The molecule has 0 saturated carbocycles. The summed E-state index contributed by atoms with van der Waals surface area (Å²) in [5, 5.41) is 2.88. The van der Waals surface area contributed by atoms with Crippen LogP contribution in [0.15, 0.2) is 60.7 Å². The fourth-order valence-electron chi connectivity index (χ4n) is 4.48. The van der Waals surface area contributed by atoms with Crippen molar-refractivity contribution in [1.29, 1.82) is 0 Å². The number of carbonyl (C=O) groups is 5. The largest absolute Gasteiger partial charge is 0.461 e. The zero-order chi connectivity index (χ0) is 30.2. The Bertz CT molecular complexity index is 1130. The smallest absolute Gasteiger partial charge is 0.312 e. The van der Waals surface area contributed by atoms with Crippen molar-refractivity contribution >= 4 is 29.2 Å². The lowest BCUT2D eigenvalue weighted by molar-refractivity contribution is -0.154. The second kappa shape index (κ2) is 17.9. The van der Waals surface area contributed by atoms with E-state index in [9.17, 15) is 24.0 Å². The number of esters is 1. The van der Waals surface area contributed by atoms with Crippen LogP contribution < -0.4 is 5.32 Å². The third kappa shape index (κ3) is 13.5. The van der Waals surface area contributed by atoms with E-state index in [1.165, 1.54) is 13.8 Å². The van der Waals surface area contributed by atoms with Crippen LogP contribution in [0.4, 0.5) is 0 Å². The highest BCUT2D eigenvalue weighted by Gasteiger charge is 2.31.